The van der Waals surface area contributed by atoms with Crippen LogP contribution in [0.5, 0.6) is 5.88 Å². The Hall–Kier alpha value is -2.32. The van der Waals surface area contributed by atoms with Crippen molar-refractivity contribution in [2.45, 2.75) is 0 Å². The highest BCUT2D eigenvalue weighted by atomic mass is 79.9. The molecule has 26 heavy (non-hydrogen) atoms. The van der Waals surface area contributed by atoms with Crippen molar-refractivity contribution >= 4 is 43.5 Å². The highest BCUT2D eigenvalue weighted by molar-refractivity contribution is 9.10. The smallest absolute Gasteiger partial charge is 0.280 e. The molecule has 1 aliphatic heterocycles. The number of rotatable bonds is 2. The highest BCUT2D eigenvalue weighted by Gasteiger charge is 2.33. The van der Waals surface area contributed by atoms with Gasteiger partial charge in [0.2, 0.25) is 0 Å². The number of nitrogens with one attached hydrogen (secondary N) is 1. The van der Waals surface area contributed by atoms with Gasteiger partial charge in [-0.25, -0.2) is 13.8 Å². The molecule has 2 aromatic carbocycles. The normalized spacial score (nSPS) is 13.1. The van der Waals surface area contributed by atoms with E-state index in [2.05, 4.69) is 41.8 Å². The lowest BCUT2D eigenvalue weighted by Crippen LogP contribution is -2.00. The van der Waals surface area contributed by atoms with E-state index in [1.165, 1.54) is 24.3 Å². The van der Waals surface area contributed by atoms with Gasteiger partial charge in [-0.05, 0) is 56.1 Å². The number of aromatic hydroxyl groups is 1. The van der Waals surface area contributed by atoms with Gasteiger partial charge >= 0.3 is 0 Å². The quantitative estimate of drug-likeness (QED) is 0.529. The number of nitrogens with zero attached hydrogens (tertiary/aromatic N) is 1. The van der Waals surface area contributed by atoms with E-state index in [4.69, 9.17) is 0 Å². The molecule has 0 spiro atoms. The van der Waals surface area contributed by atoms with E-state index in [1.807, 2.05) is 0 Å². The molecule has 0 atom stereocenters. The summed E-state index contributed by atoms with van der Waals surface area (Å²) in [6.45, 7) is 0. The molecule has 0 unspecified atom stereocenters. The summed E-state index contributed by atoms with van der Waals surface area (Å²) in [5.41, 5.74) is 1.45. The first-order valence-corrected chi connectivity index (χ1v) is 8.94. The number of H-pyrrole nitrogens is 1. The van der Waals surface area contributed by atoms with E-state index in [1.54, 1.807) is 12.1 Å². The molecule has 1 aliphatic rings. The van der Waals surface area contributed by atoms with E-state index < -0.39 is 17.5 Å². The first-order valence-electron chi connectivity index (χ1n) is 7.36. The summed E-state index contributed by atoms with van der Waals surface area (Å²) in [5.74, 6) is -1.90. The zero-order chi connectivity index (χ0) is 18.6. The number of aromatic nitrogens is 1. The average Bonchev–Trinajstić information content (AvgIpc) is 3.12. The number of halogens is 4. The van der Waals surface area contributed by atoms with Crippen LogP contribution >= 0.6 is 31.9 Å². The number of carbonyl (C=O) groups is 1. The van der Waals surface area contributed by atoms with Crippen LogP contribution in [0, 0.1) is 11.6 Å². The van der Waals surface area contributed by atoms with Gasteiger partial charge in [-0.1, -0.05) is 12.1 Å². The first-order chi connectivity index (χ1) is 12.4. The molecule has 130 valence electrons. The fourth-order valence-corrected chi connectivity index (χ4v) is 3.36. The van der Waals surface area contributed by atoms with Crippen molar-refractivity contribution in [3.63, 3.8) is 0 Å². The van der Waals surface area contributed by atoms with Crippen molar-refractivity contribution < 1.29 is 18.7 Å². The average molecular weight is 482 g/mol. The van der Waals surface area contributed by atoms with Gasteiger partial charge in [0.05, 0.1) is 31.5 Å². The number of amides is 1. The number of hydrogen-bond acceptors (Lipinski definition) is 2. The summed E-state index contributed by atoms with van der Waals surface area (Å²) in [7, 11) is 0. The summed E-state index contributed by atoms with van der Waals surface area (Å²) in [4.78, 5) is 19.1. The largest absolute Gasteiger partial charge is 0.494 e. The van der Waals surface area contributed by atoms with Crippen molar-refractivity contribution in [2.24, 2.45) is 4.99 Å². The lowest BCUT2D eigenvalue weighted by molar-refractivity contribution is 0.101. The SMILES string of the molecule is O=C1N=C(c2ccc(Br)c(F)c2)c2c(O)[nH]c(-c3ccc(Br)c(F)c3)c21. The molecule has 3 aromatic rings. The van der Waals surface area contributed by atoms with E-state index in [9.17, 15) is 18.7 Å². The molecule has 0 radical (unpaired) electrons. The van der Waals surface area contributed by atoms with Crippen LogP contribution in [0.25, 0.3) is 11.3 Å². The fourth-order valence-electron chi connectivity index (χ4n) is 2.87. The Morgan fingerprint density at radius 1 is 0.923 bits per heavy atom. The number of aromatic amines is 1. The second kappa shape index (κ2) is 6.14. The van der Waals surface area contributed by atoms with Crippen molar-refractivity contribution in [2.75, 3.05) is 0 Å². The van der Waals surface area contributed by atoms with Gasteiger partial charge in [-0.2, -0.15) is 0 Å². The Morgan fingerprint density at radius 2 is 1.50 bits per heavy atom. The van der Waals surface area contributed by atoms with Gasteiger partial charge in [0, 0.05) is 11.1 Å². The summed E-state index contributed by atoms with van der Waals surface area (Å²) in [5, 5.41) is 10.3. The van der Waals surface area contributed by atoms with Crippen LogP contribution in [0.4, 0.5) is 8.78 Å². The highest BCUT2D eigenvalue weighted by Crippen LogP contribution is 2.38. The summed E-state index contributed by atoms with van der Waals surface area (Å²) in [6, 6.07) is 8.63. The van der Waals surface area contributed by atoms with Crippen molar-refractivity contribution in [1.82, 2.24) is 4.98 Å². The van der Waals surface area contributed by atoms with Crippen LogP contribution in [0.3, 0.4) is 0 Å². The molecule has 0 fully saturated rings. The minimum absolute atomic E-state index is 0.127. The zero-order valence-corrected chi connectivity index (χ0v) is 16.0. The monoisotopic (exact) mass is 480 g/mol. The lowest BCUT2D eigenvalue weighted by Gasteiger charge is -2.03. The van der Waals surface area contributed by atoms with Gasteiger partial charge in [0.15, 0.2) is 5.88 Å². The molecule has 0 bridgehead atoms. The van der Waals surface area contributed by atoms with Crippen molar-refractivity contribution in [3.8, 4) is 17.1 Å². The number of hydrogen-bond donors (Lipinski definition) is 2. The Morgan fingerprint density at radius 3 is 2.12 bits per heavy atom. The Bertz CT molecular complexity index is 1120. The lowest BCUT2D eigenvalue weighted by atomic mass is 10.00. The van der Waals surface area contributed by atoms with Gasteiger partial charge in [0.1, 0.15) is 11.6 Å². The molecule has 0 aliphatic carbocycles. The molecule has 0 saturated carbocycles. The second-order valence-corrected chi connectivity index (χ2v) is 7.33. The molecule has 2 heterocycles. The Balaban J connectivity index is 1.88. The van der Waals surface area contributed by atoms with E-state index >= 15 is 0 Å². The van der Waals surface area contributed by atoms with Crippen LogP contribution in [-0.4, -0.2) is 21.7 Å². The van der Waals surface area contributed by atoms with Gasteiger partial charge < -0.3 is 10.1 Å². The maximum Gasteiger partial charge on any atom is 0.280 e. The molecule has 1 amide bonds. The number of carbonyl (C=O) groups excluding carboxylic acids is 1. The maximum atomic E-state index is 13.9. The molecule has 8 heteroatoms. The first kappa shape index (κ1) is 17.1. The van der Waals surface area contributed by atoms with E-state index in [0.29, 0.717) is 11.1 Å². The number of aliphatic imine (C=N–C) groups is 1. The molecular formula is C18H8Br2F2N2O2. The summed E-state index contributed by atoms with van der Waals surface area (Å²) < 4.78 is 28.3. The maximum absolute atomic E-state index is 13.9. The fraction of sp³-hybridized carbons (Fsp3) is 0. The third-order valence-electron chi connectivity index (χ3n) is 4.05. The minimum Gasteiger partial charge on any atom is -0.494 e. The second-order valence-electron chi connectivity index (χ2n) is 5.62. The third-order valence-corrected chi connectivity index (χ3v) is 5.33. The molecule has 1 aromatic heterocycles. The Kier molecular flexibility index (Phi) is 4.04. The molecule has 0 saturated heterocycles. The van der Waals surface area contributed by atoms with E-state index in [-0.39, 0.29) is 37.4 Å². The minimum atomic E-state index is -0.590. The standard InChI is InChI=1S/C18H8Br2F2N2O2/c19-9-3-1-7(5-11(9)21)15-13-14(18(26)23-15)16(24-17(13)25)8-2-4-10(20)12(22)6-8/h1-6,23,26H. The molecule has 2 N–H and O–H groups in total. The van der Waals surface area contributed by atoms with Crippen LogP contribution < -0.4 is 0 Å². The summed E-state index contributed by atoms with van der Waals surface area (Å²) >= 11 is 6.14. The molecule has 4 nitrogen and oxygen atoms in total. The van der Waals surface area contributed by atoms with Crippen molar-refractivity contribution in [3.05, 3.63) is 73.7 Å². The Labute approximate surface area is 162 Å². The molecular weight excluding hydrogens is 474 g/mol. The number of benzene rings is 2. The van der Waals surface area contributed by atoms with Gasteiger partial charge in [-0.15, -0.1) is 0 Å². The predicted octanol–water partition coefficient (Wildman–Crippen LogP) is 5.18. The van der Waals surface area contributed by atoms with Crippen molar-refractivity contribution in [1.29, 1.82) is 0 Å². The van der Waals surface area contributed by atoms with Crippen LogP contribution in [-0.2, 0) is 0 Å². The molecule has 4 rings (SSSR count). The van der Waals surface area contributed by atoms with Gasteiger partial charge in [0.25, 0.3) is 5.91 Å². The zero-order valence-electron chi connectivity index (χ0n) is 12.8. The van der Waals surface area contributed by atoms with Crippen LogP contribution in [0.1, 0.15) is 21.5 Å². The van der Waals surface area contributed by atoms with Crippen LogP contribution in [0.15, 0.2) is 50.3 Å². The topological polar surface area (TPSA) is 65.4 Å². The predicted molar refractivity (Wildman–Crippen MR) is 99.6 cm³/mol. The van der Waals surface area contributed by atoms with Gasteiger partial charge in [-0.3, -0.25) is 4.79 Å². The third kappa shape index (κ3) is 2.60. The van der Waals surface area contributed by atoms with E-state index in [0.717, 1.165) is 0 Å². The summed E-state index contributed by atoms with van der Waals surface area (Å²) in [6.07, 6.45) is 0. The number of fused-ring (bicyclic) bond motifs is 1. The van der Waals surface area contributed by atoms with Crippen LogP contribution in [0.2, 0.25) is 0 Å².